The van der Waals surface area contributed by atoms with Crippen molar-refractivity contribution in [2.75, 3.05) is 27.2 Å². The zero-order valence-electron chi connectivity index (χ0n) is 10.3. The Morgan fingerprint density at radius 1 is 1.47 bits per heavy atom. The van der Waals surface area contributed by atoms with Gasteiger partial charge in [0.1, 0.15) is 0 Å². The predicted molar refractivity (Wildman–Crippen MR) is 60.8 cm³/mol. The molecule has 0 aliphatic heterocycles. The summed E-state index contributed by atoms with van der Waals surface area (Å²) < 4.78 is 0. The van der Waals surface area contributed by atoms with E-state index in [0.29, 0.717) is 6.54 Å². The number of rotatable bonds is 5. The van der Waals surface area contributed by atoms with Crippen LogP contribution in [0.15, 0.2) is 0 Å². The van der Waals surface area contributed by atoms with Gasteiger partial charge in [0.15, 0.2) is 0 Å². The zero-order valence-corrected chi connectivity index (χ0v) is 10.3. The molecule has 1 atom stereocenters. The van der Waals surface area contributed by atoms with Crippen molar-refractivity contribution < 1.29 is 9.90 Å². The van der Waals surface area contributed by atoms with E-state index in [-0.39, 0.29) is 18.6 Å². The molecule has 0 bridgehead atoms. The van der Waals surface area contributed by atoms with Crippen LogP contribution in [0.3, 0.4) is 0 Å². The molecule has 90 valence electrons. The highest BCUT2D eigenvalue weighted by Crippen LogP contribution is 2.02. The van der Waals surface area contributed by atoms with Crippen molar-refractivity contribution in [1.82, 2.24) is 15.5 Å². The van der Waals surface area contributed by atoms with Crippen molar-refractivity contribution in [3.8, 4) is 0 Å². The van der Waals surface area contributed by atoms with E-state index in [1.54, 1.807) is 6.92 Å². The number of aliphatic hydroxyl groups is 1. The van der Waals surface area contributed by atoms with Gasteiger partial charge in [0.25, 0.3) is 0 Å². The van der Waals surface area contributed by atoms with Crippen LogP contribution in [0.2, 0.25) is 0 Å². The van der Waals surface area contributed by atoms with Gasteiger partial charge in [-0.1, -0.05) is 0 Å². The summed E-state index contributed by atoms with van der Waals surface area (Å²) in [6, 6.07) is -0.146. The van der Waals surface area contributed by atoms with Crippen LogP contribution in [-0.2, 0) is 0 Å². The quantitative estimate of drug-likeness (QED) is 0.607. The summed E-state index contributed by atoms with van der Waals surface area (Å²) in [7, 11) is 3.76. The normalized spacial score (nSPS) is 15.2. The molecule has 0 aromatic heterocycles. The molecule has 1 unspecified atom stereocenters. The van der Waals surface area contributed by atoms with Gasteiger partial charge < -0.3 is 20.6 Å². The molecule has 0 saturated carbocycles. The highest BCUT2D eigenvalue weighted by molar-refractivity contribution is 5.74. The SMILES string of the molecule is CC(C)NC(=O)NCC(C)(O)CN(C)C. The van der Waals surface area contributed by atoms with Gasteiger partial charge >= 0.3 is 6.03 Å². The van der Waals surface area contributed by atoms with Crippen LogP contribution in [0.25, 0.3) is 0 Å². The first-order valence-electron chi connectivity index (χ1n) is 5.14. The van der Waals surface area contributed by atoms with Crippen molar-refractivity contribution in [2.24, 2.45) is 0 Å². The van der Waals surface area contributed by atoms with E-state index in [1.165, 1.54) is 0 Å². The third kappa shape index (κ3) is 8.20. The van der Waals surface area contributed by atoms with Crippen molar-refractivity contribution in [1.29, 1.82) is 0 Å². The molecule has 0 aromatic carbocycles. The second-order valence-corrected chi connectivity index (χ2v) is 4.72. The molecular formula is C10H23N3O2. The first-order valence-corrected chi connectivity index (χ1v) is 5.14. The number of carbonyl (C=O) groups is 1. The molecule has 0 fully saturated rings. The van der Waals surface area contributed by atoms with E-state index in [4.69, 9.17) is 0 Å². The fourth-order valence-electron chi connectivity index (χ4n) is 1.32. The Morgan fingerprint density at radius 3 is 2.40 bits per heavy atom. The fraction of sp³-hybridized carbons (Fsp3) is 0.900. The maximum atomic E-state index is 11.2. The standard InChI is InChI=1S/C10H23N3O2/c1-8(2)12-9(14)11-6-10(3,15)7-13(4)5/h8,15H,6-7H2,1-5H3,(H2,11,12,14). The Kier molecular flexibility index (Phi) is 5.60. The Bertz CT molecular complexity index is 203. The summed E-state index contributed by atoms with van der Waals surface area (Å²) in [5, 5.41) is 15.2. The molecular weight excluding hydrogens is 194 g/mol. The van der Waals surface area contributed by atoms with Crippen LogP contribution in [-0.4, -0.2) is 54.9 Å². The lowest BCUT2D eigenvalue weighted by Gasteiger charge is -2.27. The number of carbonyl (C=O) groups excluding carboxylic acids is 1. The summed E-state index contributed by atoms with van der Waals surface area (Å²) in [6.07, 6.45) is 0. The predicted octanol–water partition coefficient (Wildman–Crippen LogP) is 0.00660. The Morgan fingerprint density at radius 2 is 2.00 bits per heavy atom. The number of nitrogens with one attached hydrogen (secondary N) is 2. The minimum absolute atomic E-state index is 0.101. The van der Waals surface area contributed by atoms with Crippen LogP contribution in [0.4, 0.5) is 4.79 Å². The second-order valence-electron chi connectivity index (χ2n) is 4.72. The zero-order chi connectivity index (χ0) is 12.1. The molecule has 0 saturated heterocycles. The van der Waals surface area contributed by atoms with Gasteiger partial charge in [-0.15, -0.1) is 0 Å². The molecule has 0 aliphatic carbocycles. The molecule has 0 spiro atoms. The molecule has 0 radical (unpaired) electrons. The number of nitrogens with zero attached hydrogens (tertiary/aromatic N) is 1. The van der Waals surface area contributed by atoms with Gasteiger partial charge in [0.2, 0.25) is 0 Å². The van der Waals surface area contributed by atoms with Crippen LogP contribution in [0.1, 0.15) is 20.8 Å². The Balaban J connectivity index is 3.87. The summed E-state index contributed by atoms with van der Waals surface area (Å²) in [5.74, 6) is 0. The minimum atomic E-state index is -0.905. The molecule has 0 aromatic rings. The average molecular weight is 217 g/mol. The number of amides is 2. The van der Waals surface area contributed by atoms with Gasteiger partial charge in [-0.2, -0.15) is 0 Å². The van der Waals surface area contributed by atoms with Crippen molar-refractivity contribution in [3.05, 3.63) is 0 Å². The van der Waals surface area contributed by atoms with Gasteiger partial charge in [0.05, 0.1) is 5.60 Å². The first kappa shape index (κ1) is 14.2. The molecule has 0 aliphatic rings. The van der Waals surface area contributed by atoms with Crippen LogP contribution < -0.4 is 10.6 Å². The third-order valence-corrected chi connectivity index (χ3v) is 1.71. The maximum Gasteiger partial charge on any atom is 0.315 e. The van der Waals surface area contributed by atoms with Crippen LogP contribution >= 0.6 is 0 Å². The van der Waals surface area contributed by atoms with Crippen LogP contribution in [0.5, 0.6) is 0 Å². The summed E-state index contributed by atoms with van der Waals surface area (Å²) in [6.45, 7) is 6.22. The first-order chi connectivity index (χ1) is 6.73. The fourth-order valence-corrected chi connectivity index (χ4v) is 1.32. The molecule has 0 heterocycles. The van der Waals surface area contributed by atoms with Crippen LogP contribution in [0, 0.1) is 0 Å². The van der Waals surface area contributed by atoms with Gasteiger partial charge in [-0.05, 0) is 34.9 Å². The highest BCUT2D eigenvalue weighted by Gasteiger charge is 2.21. The van der Waals surface area contributed by atoms with Crippen molar-refractivity contribution in [3.63, 3.8) is 0 Å². The van der Waals surface area contributed by atoms with Gasteiger partial charge in [-0.3, -0.25) is 0 Å². The largest absolute Gasteiger partial charge is 0.387 e. The highest BCUT2D eigenvalue weighted by atomic mass is 16.3. The Hall–Kier alpha value is -0.810. The van der Waals surface area contributed by atoms with Gasteiger partial charge in [-0.25, -0.2) is 4.79 Å². The maximum absolute atomic E-state index is 11.2. The van der Waals surface area contributed by atoms with Crippen molar-refractivity contribution in [2.45, 2.75) is 32.4 Å². The average Bonchev–Trinajstić information content (AvgIpc) is 1.97. The van der Waals surface area contributed by atoms with E-state index >= 15 is 0 Å². The molecule has 5 heteroatoms. The van der Waals surface area contributed by atoms with Crippen molar-refractivity contribution >= 4 is 6.03 Å². The lowest BCUT2D eigenvalue weighted by atomic mass is 10.1. The summed E-state index contributed by atoms with van der Waals surface area (Å²) >= 11 is 0. The second kappa shape index (κ2) is 5.92. The molecule has 5 nitrogen and oxygen atoms in total. The molecule has 3 N–H and O–H groups in total. The number of urea groups is 1. The van der Waals surface area contributed by atoms with E-state index in [2.05, 4.69) is 10.6 Å². The van der Waals surface area contributed by atoms with Gasteiger partial charge in [0, 0.05) is 19.1 Å². The van der Waals surface area contributed by atoms with E-state index in [9.17, 15) is 9.90 Å². The summed E-state index contributed by atoms with van der Waals surface area (Å²) in [5.41, 5.74) is -0.905. The number of likely N-dealkylation sites (N-methyl/N-ethyl adjacent to an activating group) is 1. The van der Waals surface area contributed by atoms with E-state index < -0.39 is 5.60 Å². The minimum Gasteiger partial charge on any atom is -0.387 e. The smallest absolute Gasteiger partial charge is 0.315 e. The van der Waals surface area contributed by atoms with E-state index in [1.807, 2.05) is 32.8 Å². The third-order valence-electron chi connectivity index (χ3n) is 1.71. The molecule has 0 rings (SSSR count). The number of hydrogen-bond acceptors (Lipinski definition) is 3. The monoisotopic (exact) mass is 217 g/mol. The number of hydrogen-bond donors (Lipinski definition) is 3. The topological polar surface area (TPSA) is 64.6 Å². The lowest BCUT2D eigenvalue weighted by molar-refractivity contribution is 0.0359. The Labute approximate surface area is 91.8 Å². The lowest BCUT2D eigenvalue weighted by Crippen LogP contribution is -2.50. The molecule has 2 amide bonds. The summed E-state index contributed by atoms with van der Waals surface area (Å²) in [4.78, 5) is 13.1. The molecule has 15 heavy (non-hydrogen) atoms. The van der Waals surface area contributed by atoms with E-state index in [0.717, 1.165) is 0 Å².